The fourth-order valence-corrected chi connectivity index (χ4v) is 2.15. The average molecular weight is 288 g/mol. The van der Waals surface area contributed by atoms with E-state index in [-0.39, 0.29) is 24.8 Å². The largest absolute Gasteiger partial charge is 0.464 e. The molecular weight excluding hydrogens is 268 g/mol. The Morgan fingerprint density at radius 2 is 2.00 bits per heavy atom. The SMILES string of the molecule is CCCNC(=O)CN(C)CC(=O)c1coc2ccccc12. The highest BCUT2D eigenvalue weighted by molar-refractivity contribution is 6.08. The monoisotopic (exact) mass is 288 g/mol. The van der Waals surface area contributed by atoms with Crippen molar-refractivity contribution >= 4 is 22.7 Å². The van der Waals surface area contributed by atoms with Crippen LogP contribution in [0.3, 0.4) is 0 Å². The second-order valence-corrected chi connectivity index (χ2v) is 5.09. The number of Topliss-reactive ketones (excluding diaryl/α,β-unsaturated/α-hetero) is 1. The van der Waals surface area contributed by atoms with Crippen LogP contribution >= 0.6 is 0 Å². The first-order valence-electron chi connectivity index (χ1n) is 7.06. The Hall–Kier alpha value is -2.14. The lowest BCUT2D eigenvalue weighted by molar-refractivity contribution is -0.121. The van der Waals surface area contributed by atoms with Gasteiger partial charge in [0.2, 0.25) is 5.91 Å². The summed E-state index contributed by atoms with van der Waals surface area (Å²) in [4.78, 5) is 25.6. The second kappa shape index (κ2) is 7.04. The zero-order chi connectivity index (χ0) is 15.2. The van der Waals surface area contributed by atoms with Crippen molar-refractivity contribution in [3.8, 4) is 0 Å². The zero-order valence-corrected chi connectivity index (χ0v) is 12.4. The number of amides is 1. The molecule has 0 spiro atoms. The van der Waals surface area contributed by atoms with Gasteiger partial charge in [-0.2, -0.15) is 0 Å². The van der Waals surface area contributed by atoms with Crippen LogP contribution in [0.5, 0.6) is 0 Å². The molecular formula is C16H20N2O3. The molecule has 0 aliphatic rings. The molecule has 112 valence electrons. The summed E-state index contributed by atoms with van der Waals surface area (Å²) < 4.78 is 5.37. The molecule has 5 heteroatoms. The number of likely N-dealkylation sites (N-methyl/N-ethyl adjacent to an activating group) is 1. The highest BCUT2D eigenvalue weighted by atomic mass is 16.3. The molecule has 0 fully saturated rings. The minimum atomic E-state index is -0.0656. The lowest BCUT2D eigenvalue weighted by atomic mass is 10.1. The van der Waals surface area contributed by atoms with Crippen molar-refractivity contribution in [2.45, 2.75) is 13.3 Å². The summed E-state index contributed by atoms with van der Waals surface area (Å²) in [5.74, 6) is -0.116. The Morgan fingerprint density at radius 1 is 1.24 bits per heavy atom. The maximum Gasteiger partial charge on any atom is 0.234 e. The van der Waals surface area contributed by atoms with Crippen molar-refractivity contribution in [2.75, 3.05) is 26.7 Å². The Kier molecular flexibility index (Phi) is 5.11. The molecule has 0 bridgehead atoms. The van der Waals surface area contributed by atoms with Crippen LogP contribution in [-0.4, -0.2) is 43.3 Å². The van der Waals surface area contributed by atoms with Crippen LogP contribution in [0.1, 0.15) is 23.7 Å². The van der Waals surface area contributed by atoms with Gasteiger partial charge in [0.1, 0.15) is 11.8 Å². The minimum absolute atomic E-state index is 0.0502. The summed E-state index contributed by atoms with van der Waals surface area (Å²) in [5, 5.41) is 3.60. The molecule has 0 radical (unpaired) electrons. The molecule has 2 rings (SSSR count). The summed E-state index contributed by atoms with van der Waals surface area (Å²) in [6.07, 6.45) is 2.38. The van der Waals surface area contributed by atoms with Crippen molar-refractivity contribution in [3.05, 3.63) is 36.1 Å². The van der Waals surface area contributed by atoms with Crippen LogP contribution < -0.4 is 5.32 Å². The van der Waals surface area contributed by atoms with Gasteiger partial charge in [-0.05, 0) is 19.5 Å². The molecule has 1 amide bonds. The van der Waals surface area contributed by atoms with Crippen molar-refractivity contribution in [3.63, 3.8) is 0 Å². The number of nitrogens with one attached hydrogen (secondary N) is 1. The maximum absolute atomic E-state index is 12.3. The second-order valence-electron chi connectivity index (χ2n) is 5.09. The van der Waals surface area contributed by atoms with E-state index in [2.05, 4.69) is 5.32 Å². The third-order valence-electron chi connectivity index (χ3n) is 3.18. The molecule has 1 aromatic carbocycles. The molecule has 5 nitrogen and oxygen atoms in total. The van der Waals surface area contributed by atoms with Crippen molar-refractivity contribution in [1.82, 2.24) is 10.2 Å². The van der Waals surface area contributed by atoms with E-state index in [1.807, 2.05) is 31.2 Å². The minimum Gasteiger partial charge on any atom is -0.464 e. The number of furan rings is 1. The van der Waals surface area contributed by atoms with Crippen molar-refractivity contribution in [2.24, 2.45) is 0 Å². The van der Waals surface area contributed by atoms with Gasteiger partial charge in [-0.3, -0.25) is 14.5 Å². The van der Waals surface area contributed by atoms with Gasteiger partial charge >= 0.3 is 0 Å². The van der Waals surface area contributed by atoms with Crippen molar-refractivity contribution < 1.29 is 14.0 Å². The normalized spacial score (nSPS) is 11.0. The van der Waals surface area contributed by atoms with Gasteiger partial charge in [0.25, 0.3) is 0 Å². The highest BCUT2D eigenvalue weighted by Crippen LogP contribution is 2.21. The van der Waals surface area contributed by atoms with E-state index < -0.39 is 0 Å². The van der Waals surface area contributed by atoms with Gasteiger partial charge in [0, 0.05) is 11.9 Å². The topological polar surface area (TPSA) is 62.6 Å². The first kappa shape index (κ1) is 15.3. The Balaban J connectivity index is 1.96. The molecule has 21 heavy (non-hydrogen) atoms. The van der Waals surface area contributed by atoms with E-state index in [4.69, 9.17) is 4.42 Å². The number of ketones is 1. The number of hydrogen-bond acceptors (Lipinski definition) is 4. The van der Waals surface area contributed by atoms with E-state index in [0.717, 1.165) is 11.8 Å². The maximum atomic E-state index is 12.3. The van der Waals surface area contributed by atoms with Crippen LogP contribution in [0.4, 0.5) is 0 Å². The van der Waals surface area contributed by atoms with E-state index in [1.165, 1.54) is 6.26 Å². The van der Waals surface area contributed by atoms with Gasteiger partial charge in [0.15, 0.2) is 5.78 Å². The number of rotatable bonds is 7. The number of benzene rings is 1. The molecule has 1 N–H and O–H groups in total. The summed E-state index contributed by atoms with van der Waals surface area (Å²) in [6.45, 7) is 3.05. The lowest BCUT2D eigenvalue weighted by Gasteiger charge is -2.14. The summed E-state index contributed by atoms with van der Waals surface area (Å²) in [7, 11) is 1.76. The van der Waals surface area contributed by atoms with Crippen LogP contribution in [0, 0.1) is 0 Å². The molecule has 0 saturated carbocycles. The third kappa shape index (κ3) is 3.92. The summed E-state index contributed by atoms with van der Waals surface area (Å²) >= 11 is 0. The molecule has 0 saturated heterocycles. The molecule has 0 aliphatic heterocycles. The Morgan fingerprint density at radius 3 is 2.76 bits per heavy atom. The molecule has 0 unspecified atom stereocenters. The quantitative estimate of drug-likeness (QED) is 0.792. The third-order valence-corrected chi connectivity index (χ3v) is 3.18. The predicted octanol–water partition coefficient (Wildman–Crippen LogP) is 2.07. The summed E-state index contributed by atoms with van der Waals surface area (Å²) in [6, 6.07) is 7.43. The molecule has 1 aromatic heterocycles. The number of hydrogen-bond donors (Lipinski definition) is 1. The standard InChI is InChI=1S/C16H20N2O3/c1-3-8-17-16(20)10-18(2)9-14(19)13-11-21-15-7-5-4-6-12(13)15/h4-7,11H,3,8-10H2,1-2H3,(H,17,20). The van der Waals surface area contributed by atoms with Gasteiger partial charge in [0.05, 0.1) is 18.7 Å². The highest BCUT2D eigenvalue weighted by Gasteiger charge is 2.16. The van der Waals surface area contributed by atoms with E-state index in [0.29, 0.717) is 17.7 Å². The van der Waals surface area contributed by atoms with E-state index >= 15 is 0 Å². The lowest BCUT2D eigenvalue weighted by Crippen LogP contribution is -2.37. The number of carbonyl (C=O) groups is 2. The predicted molar refractivity (Wildman–Crippen MR) is 81.3 cm³/mol. The smallest absolute Gasteiger partial charge is 0.234 e. The van der Waals surface area contributed by atoms with Crippen LogP contribution in [0.15, 0.2) is 34.9 Å². The molecule has 1 heterocycles. The van der Waals surface area contributed by atoms with Crippen LogP contribution in [-0.2, 0) is 4.79 Å². The zero-order valence-electron chi connectivity index (χ0n) is 12.4. The van der Waals surface area contributed by atoms with E-state index in [1.54, 1.807) is 11.9 Å². The van der Waals surface area contributed by atoms with Crippen LogP contribution in [0.25, 0.3) is 11.0 Å². The number of fused-ring (bicyclic) bond motifs is 1. The average Bonchev–Trinajstić information content (AvgIpc) is 2.88. The number of para-hydroxylation sites is 1. The summed E-state index contributed by atoms with van der Waals surface area (Å²) in [5.41, 5.74) is 1.26. The number of carbonyl (C=O) groups excluding carboxylic acids is 2. The Labute approximate surface area is 123 Å². The first-order valence-corrected chi connectivity index (χ1v) is 7.06. The van der Waals surface area contributed by atoms with Crippen LogP contribution in [0.2, 0.25) is 0 Å². The van der Waals surface area contributed by atoms with Gasteiger partial charge in [-0.1, -0.05) is 25.1 Å². The van der Waals surface area contributed by atoms with Gasteiger partial charge in [-0.25, -0.2) is 0 Å². The molecule has 0 aliphatic carbocycles. The van der Waals surface area contributed by atoms with Gasteiger partial charge in [-0.15, -0.1) is 0 Å². The Bertz CT molecular complexity index is 633. The van der Waals surface area contributed by atoms with E-state index in [9.17, 15) is 9.59 Å². The van der Waals surface area contributed by atoms with Gasteiger partial charge < -0.3 is 9.73 Å². The van der Waals surface area contributed by atoms with Crippen molar-refractivity contribution in [1.29, 1.82) is 0 Å². The fourth-order valence-electron chi connectivity index (χ4n) is 2.15. The molecule has 0 atom stereocenters. The first-order chi connectivity index (χ1) is 10.1. The fraction of sp³-hybridized carbons (Fsp3) is 0.375. The number of nitrogens with zero attached hydrogens (tertiary/aromatic N) is 1. The molecule has 2 aromatic rings.